The van der Waals surface area contributed by atoms with Gasteiger partial charge in [-0.05, 0) is 42.3 Å². The number of carboxylic acids is 1. The molecule has 0 fully saturated rings. The van der Waals surface area contributed by atoms with Gasteiger partial charge in [0.15, 0.2) is 0 Å². The minimum absolute atomic E-state index is 0.112. The average Bonchev–Trinajstić information content (AvgIpc) is 2.75. The maximum atomic E-state index is 11.9. The zero-order chi connectivity index (χ0) is 21.3. The van der Waals surface area contributed by atoms with Crippen LogP contribution in [0.25, 0.3) is 0 Å². The molecule has 7 heteroatoms. The van der Waals surface area contributed by atoms with E-state index < -0.39 is 12.0 Å². The molecule has 0 unspecified atom stereocenters. The first-order chi connectivity index (χ1) is 14.5. The van der Waals surface area contributed by atoms with Crippen LogP contribution in [0.5, 0.6) is 5.75 Å². The first-order valence-corrected chi connectivity index (χ1v) is 9.20. The number of urea groups is 1. The van der Waals surface area contributed by atoms with Crippen LogP contribution in [-0.4, -0.2) is 18.2 Å². The molecular formula is C23H20N3O4-. The smallest absolute Gasteiger partial charge is 0.339 e. The van der Waals surface area contributed by atoms with Crippen molar-refractivity contribution in [3.63, 3.8) is 0 Å². The number of anilines is 1. The lowest BCUT2D eigenvalue weighted by Gasteiger charge is -2.10. The summed E-state index contributed by atoms with van der Waals surface area (Å²) in [6.07, 6.45) is 1.49. The lowest BCUT2D eigenvalue weighted by atomic mass is 10.1. The highest BCUT2D eigenvalue weighted by molar-refractivity contribution is 5.91. The van der Waals surface area contributed by atoms with Crippen molar-refractivity contribution in [1.82, 2.24) is 5.43 Å². The molecule has 0 aliphatic heterocycles. The van der Waals surface area contributed by atoms with Crippen LogP contribution in [0.1, 0.15) is 27.0 Å². The van der Waals surface area contributed by atoms with E-state index in [-0.39, 0.29) is 12.2 Å². The van der Waals surface area contributed by atoms with E-state index in [2.05, 4.69) is 15.8 Å². The molecule has 0 spiro atoms. The number of amides is 2. The minimum Gasteiger partial charge on any atom is -0.545 e. The number of carbonyl (C=O) groups is 2. The number of carboxylic acid groups (broad SMARTS) is 1. The van der Waals surface area contributed by atoms with Crippen molar-refractivity contribution in [2.45, 2.75) is 13.5 Å². The van der Waals surface area contributed by atoms with E-state index in [0.717, 1.165) is 11.1 Å². The van der Waals surface area contributed by atoms with Crippen molar-refractivity contribution in [3.8, 4) is 5.75 Å². The Morgan fingerprint density at radius 1 is 1.00 bits per heavy atom. The summed E-state index contributed by atoms with van der Waals surface area (Å²) in [4.78, 5) is 22.8. The summed E-state index contributed by atoms with van der Waals surface area (Å²) in [5, 5.41) is 17.5. The van der Waals surface area contributed by atoms with E-state index in [1.807, 2.05) is 31.2 Å². The van der Waals surface area contributed by atoms with Gasteiger partial charge in [-0.15, -0.1) is 0 Å². The summed E-state index contributed by atoms with van der Waals surface area (Å²) in [6.45, 7) is 2.22. The zero-order valence-corrected chi connectivity index (χ0v) is 16.3. The molecule has 0 aliphatic carbocycles. The quantitative estimate of drug-likeness (QED) is 0.468. The zero-order valence-electron chi connectivity index (χ0n) is 16.3. The third-order valence-corrected chi connectivity index (χ3v) is 4.18. The van der Waals surface area contributed by atoms with Crippen molar-refractivity contribution in [1.29, 1.82) is 0 Å². The molecule has 0 saturated heterocycles. The number of nitrogens with zero attached hydrogens (tertiary/aromatic N) is 1. The van der Waals surface area contributed by atoms with Gasteiger partial charge in [-0.2, -0.15) is 5.10 Å². The molecule has 152 valence electrons. The monoisotopic (exact) mass is 402 g/mol. The Morgan fingerprint density at radius 3 is 2.40 bits per heavy atom. The Hall–Kier alpha value is -4.13. The van der Waals surface area contributed by atoms with Gasteiger partial charge in [0.25, 0.3) is 0 Å². The van der Waals surface area contributed by atoms with Crippen LogP contribution < -0.4 is 20.6 Å². The van der Waals surface area contributed by atoms with E-state index >= 15 is 0 Å². The first-order valence-electron chi connectivity index (χ1n) is 9.20. The van der Waals surface area contributed by atoms with Crippen molar-refractivity contribution < 1.29 is 19.4 Å². The molecular weight excluding hydrogens is 382 g/mol. The maximum Gasteiger partial charge on any atom is 0.339 e. The second kappa shape index (κ2) is 9.88. The topological polar surface area (TPSA) is 103 Å². The number of aromatic carboxylic acids is 1. The van der Waals surface area contributed by atoms with Gasteiger partial charge in [-0.1, -0.05) is 54.1 Å². The lowest BCUT2D eigenvalue weighted by molar-refractivity contribution is -0.255. The predicted octanol–water partition coefficient (Wildman–Crippen LogP) is 3.09. The SMILES string of the molecule is Cc1ccc(NC(=O)N/N=C\c2ccccc2OCc2ccc(C(=O)[O-])cc2)cc1. The highest BCUT2D eigenvalue weighted by Gasteiger charge is 2.03. The fraction of sp³-hybridized carbons (Fsp3) is 0.0870. The van der Waals surface area contributed by atoms with Crippen LogP contribution >= 0.6 is 0 Å². The average molecular weight is 402 g/mol. The van der Waals surface area contributed by atoms with Gasteiger partial charge in [-0.25, -0.2) is 10.2 Å². The Kier molecular flexibility index (Phi) is 6.78. The number of hydrogen-bond acceptors (Lipinski definition) is 5. The fourth-order valence-electron chi connectivity index (χ4n) is 2.57. The van der Waals surface area contributed by atoms with Crippen LogP contribution in [0.2, 0.25) is 0 Å². The fourth-order valence-corrected chi connectivity index (χ4v) is 2.57. The van der Waals surface area contributed by atoms with E-state index in [9.17, 15) is 14.7 Å². The van der Waals surface area contributed by atoms with Crippen LogP contribution in [0.4, 0.5) is 10.5 Å². The van der Waals surface area contributed by atoms with Gasteiger partial charge in [0.2, 0.25) is 0 Å². The molecule has 0 radical (unpaired) electrons. The number of nitrogens with one attached hydrogen (secondary N) is 2. The molecule has 0 aromatic heterocycles. The van der Waals surface area contributed by atoms with Crippen LogP contribution in [0, 0.1) is 6.92 Å². The molecule has 2 N–H and O–H groups in total. The number of benzene rings is 3. The Balaban J connectivity index is 1.57. The summed E-state index contributed by atoms with van der Waals surface area (Å²) in [5.41, 5.74) is 5.78. The molecule has 0 atom stereocenters. The second-order valence-corrected chi connectivity index (χ2v) is 6.50. The molecule has 7 nitrogen and oxygen atoms in total. The van der Waals surface area contributed by atoms with Crippen molar-refractivity contribution in [2.24, 2.45) is 5.10 Å². The predicted molar refractivity (Wildman–Crippen MR) is 112 cm³/mol. The molecule has 3 aromatic carbocycles. The Morgan fingerprint density at radius 2 is 1.70 bits per heavy atom. The first kappa shape index (κ1) is 20.6. The number of hydrogen-bond donors (Lipinski definition) is 2. The van der Waals surface area contributed by atoms with Gasteiger partial charge in [0.1, 0.15) is 12.4 Å². The van der Waals surface area contributed by atoms with Crippen LogP contribution in [0.3, 0.4) is 0 Å². The van der Waals surface area contributed by atoms with E-state index in [4.69, 9.17) is 4.74 Å². The maximum absolute atomic E-state index is 11.9. The second-order valence-electron chi connectivity index (χ2n) is 6.50. The molecule has 0 bridgehead atoms. The van der Waals surface area contributed by atoms with Crippen LogP contribution in [0.15, 0.2) is 77.9 Å². The normalized spacial score (nSPS) is 10.6. The Labute approximate surface area is 174 Å². The van der Waals surface area contributed by atoms with E-state index in [0.29, 0.717) is 17.0 Å². The summed E-state index contributed by atoms with van der Waals surface area (Å²) in [6, 6.07) is 20.5. The molecule has 0 heterocycles. The summed E-state index contributed by atoms with van der Waals surface area (Å²) < 4.78 is 5.81. The highest BCUT2D eigenvalue weighted by Crippen LogP contribution is 2.18. The highest BCUT2D eigenvalue weighted by atomic mass is 16.5. The van der Waals surface area contributed by atoms with Gasteiger partial charge in [-0.3, -0.25) is 0 Å². The van der Waals surface area contributed by atoms with Crippen LogP contribution in [-0.2, 0) is 6.61 Å². The number of para-hydroxylation sites is 1. The number of rotatable bonds is 7. The Bertz CT molecular complexity index is 1040. The number of ether oxygens (including phenoxy) is 1. The number of carbonyl (C=O) groups excluding carboxylic acids is 2. The summed E-state index contributed by atoms with van der Waals surface area (Å²) >= 11 is 0. The van der Waals surface area contributed by atoms with Gasteiger partial charge in [0.05, 0.1) is 12.2 Å². The van der Waals surface area contributed by atoms with Crippen molar-refractivity contribution in [3.05, 3.63) is 95.1 Å². The molecule has 30 heavy (non-hydrogen) atoms. The molecule has 2 amide bonds. The lowest BCUT2D eigenvalue weighted by Crippen LogP contribution is -2.24. The summed E-state index contributed by atoms with van der Waals surface area (Å²) in [5.74, 6) is -0.645. The molecule has 0 aliphatic rings. The standard InChI is InChI=1S/C23H21N3O4/c1-16-6-12-20(13-7-16)25-23(29)26-24-14-19-4-2-3-5-21(19)30-15-17-8-10-18(11-9-17)22(27)28/h2-14H,15H2,1H3,(H,27,28)(H2,25,26,29)/p-1/b24-14-. The van der Waals surface area contributed by atoms with Crippen molar-refractivity contribution >= 4 is 23.9 Å². The molecule has 0 saturated carbocycles. The minimum atomic E-state index is -1.22. The largest absolute Gasteiger partial charge is 0.545 e. The molecule has 3 aromatic rings. The summed E-state index contributed by atoms with van der Waals surface area (Å²) in [7, 11) is 0. The third-order valence-electron chi connectivity index (χ3n) is 4.18. The van der Waals surface area contributed by atoms with Gasteiger partial charge < -0.3 is 20.0 Å². The van der Waals surface area contributed by atoms with E-state index in [1.54, 1.807) is 36.4 Å². The van der Waals surface area contributed by atoms with Gasteiger partial charge >= 0.3 is 6.03 Å². The van der Waals surface area contributed by atoms with Gasteiger partial charge in [0, 0.05) is 11.3 Å². The van der Waals surface area contributed by atoms with E-state index in [1.165, 1.54) is 18.3 Å². The molecule has 3 rings (SSSR count). The van der Waals surface area contributed by atoms with Crippen molar-refractivity contribution in [2.75, 3.05) is 5.32 Å². The third kappa shape index (κ3) is 5.93. The number of hydrazone groups is 1. The number of aryl methyl sites for hydroxylation is 1.